The van der Waals surface area contributed by atoms with Gasteiger partial charge in [0.15, 0.2) is 0 Å². The van der Waals surface area contributed by atoms with Crippen molar-refractivity contribution in [2.24, 2.45) is 0 Å². The van der Waals surface area contributed by atoms with E-state index in [0.717, 1.165) is 24.6 Å². The molecule has 0 aliphatic heterocycles. The smallest absolute Gasteiger partial charge is 0.207 e. The van der Waals surface area contributed by atoms with E-state index in [2.05, 4.69) is 15.9 Å². The van der Waals surface area contributed by atoms with Gasteiger partial charge in [-0.2, -0.15) is 0 Å². The van der Waals surface area contributed by atoms with Gasteiger partial charge in [-0.15, -0.1) is 0 Å². The van der Waals surface area contributed by atoms with Crippen molar-refractivity contribution in [2.45, 2.75) is 24.2 Å². The summed E-state index contributed by atoms with van der Waals surface area (Å²) in [7, 11) is -2.02. The second-order valence-electron chi connectivity index (χ2n) is 4.15. The molecule has 0 N–H and O–H groups in total. The quantitative estimate of drug-likeness (QED) is 0.519. The predicted molar refractivity (Wildman–Crippen MR) is 83.9 cm³/mol. The molecule has 0 amide bonds. The Morgan fingerprint density at radius 3 is 2.53 bits per heavy atom. The first-order valence-electron chi connectivity index (χ1n) is 5.87. The zero-order valence-electron chi connectivity index (χ0n) is 10.6. The number of nitrogens with zero attached hydrogens (tertiary/aromatic N) is 1. The third-order valence-electron chi connectivity index (χ3n) is 2.69. The Morgan fingerprint density at radius 2 is 1.89 bits per heavy atom. The van der Waals surface area contributed by atoms with E-state index in [-0.39, 0.29) is 9.92 Å². The highest BCUT2D eigenvalue weighted by Crippen LogP contribution is 2.27. The second kappa shape index (κ2) is 7.84. The first kappa shape index (κ1) is 17.2. The van der Waals surface area contributed by atoms with Crippen LogP contribution in [0.5, 0.6) is 0 Å². The maximum atomic E-state index is 12.3. The van der Waals surface area contributed by atoms with Crippen LogP contribution in [0.1, 0.15) is 19.3 Å². The van der Waals surface area contributed by atoms with Crippen LogP contribution in [-0.2, 0) is 10.0 Å². The fourth-order valence-electron chi connectivity index (χ4n) is 1.57. The Kier molecular flexibility index (Phi) is 7.11. The van der Waals surface area contributed by atoms with Gasteiger partial charge in [0, 0.05) is 23.9 Å². The lowest BCUT2D eigenvalue weighted by molar-refractivity contribution is 0.455. The Bertz CT molecular complexity index is 522. The standard InChI is InChI=1S/C12H16BrCl2NO2S/c1-16(8-4-2-3-7-13)19(17,18)12-9-10(14)5-6-11(12)15/h5-6,9H,2-4,7-8H2,1H3. The average molecular weight is 389 g/mol. The van der Waals surface area contributed by atoms with E-state index in [1.807, 2.05) is 0 Å². The van der Waals surface area contributed by atoms with Crippen LogP contribution < -0.4 is 0 Å². The molecule has 0 heterocycles. The summed E-state index contributed by atoms with van der Waals surface area (Å²) in [5, 5.41) is 1.48. The van der Waals surface area contributed by atoms with Gasteiger partial charge in [-0.05, 0) is 31.0 Å². The lowest BCUT2D eigenvalue weighted by Crippen LogP contribution is -2.28. The second-order valence-corrected chi connectivity index (χ2v) is 7.80. The summed E-state index contributed by atoms with van der Waals surface area (Å²) in [4.78, 5) is 0.0599. The molecule has 1 aromatic carbocycles. The third kappa shape index (κ3) is 4.90. The van der Waals surface area contributed by atoms with Gasteiger partial charge in [0.1, 0.15) is 4.90 Å². The van der Waals surface area contributed by atoms with E-state index >= 15 is 0 Å². The topological polar surface area (TPSA) is 37.4 Å². The summed E-state index contributed by atoms with van der Waals surface area (Å²) in [5.74, 6) is 0. The number of halogens is 3. The van der Waals surface area contributed by atoms with E-state index < -0.39 is 10.0 Å². The van der Waals surface area contributed by atoms with Crippen molar-refractivity contribution in [1.82, 2.24) is 4.31 Å². The molecule has 0 aromatic heterocycles. The van der Waals surface area contributed by atoms with Crippen LogP contribution in [0.3, 0.4) is 0 Å². The lowest BCUT2D eigenvalue weighted by Gasteiger charge is -2.18. The van der Waals surface area contributed by atoms with Crippen molar-refractivity contribution in [3.63, 3.8) is 0 Å². The molecule has 0 atom stereocenters. The van der Waals surface area contributed by atoms with Crippen LogP contribution in [-0.4, -0.2) is 31.6 Å². The monoisotopic (exact) mass is 387 g/mol. The number of hydrogen-bond donors (Lipinski definition) is 0. The molecule has 0 saturated heterocycles. The minimum Gasteiger partial charge on any atom is -0.207 e. The van der Waals surface area contributed by atoms with Crippen LogP contribution in [0.25, 0.3) is 0 Å². The fraction of sp³-hybridized carbons (Fsp3) is 0.500. The number of rotatable bonds is 7. The maximum absolute atomic E-state index is 12.3. The molecule has 0 bridgehead atoms. The molecule has 0 aliphatic carbocycles. The first-order valence-corrected chi connectivity index (χ1v) is 9.18. The van der Waals surface area contributed by atoms with Gasteiger partial charge in [-0.25, -0.2) is 12.7 Å². The van der Waals surface area contributed by atoms with Gasteiger partial charge < -0.3 is 0 Å². The highest BCUT2D eigenvalue weighted by Gasteiger charge is 2.23. The average Bonchev–Trinajstić information content (AvgIpc) is 2.37. The molecule has 7 heteroatoms. The number of unbranched alkanes of at least 4 members (excludes halogenated alkanes) is 2. The van der Waals surface area contributed by atoms with Gasteiger partial charge in [0.05, 0.1) is 5.02 Å². The summed E-state index contributed by atoms with van der Waals surface area (Å²) >= 11 is 15.1. The van der Waals surface area contributed by atoms with Gasteiger partial charge >= 0.3 is 0 Å². The molecule has 0 spiro atoms. The van der Waals surface area contributed by atoms with E-state index in [0.29, 0.717) is 11.6 Å². The third-order valence-corrected chi connectivity index (χ3v) is 5.82. The predicted octanol–water partition coefficient (Wildman–Crippen LogP) is 4.18. The molecule has 0 aliphatic rings. The number of sulfonamides is 1. The molecule has 1 aromatic rings. The van der Waals surface area contributed by atoms with Crippen molar-refractivity contribution in [1.29, 1.82) is 0 Å². The van der Waals surface area contributed by atoms with Gasteiger partial charge in [-0.1, -0.05) is 45.6 Å². The summed E-state index contributed by atoms with van der Waals surface area (Å²) in [6, 6.07) is 4.45. The Balaban J connectivity index is 2.82. The van der Waals surface area contributed by atoms with Crippen LogP contribution in [0.15, 0.2) is 23.1 Å². The molecule has 0 radical (unpaired) electrons. The number of alkyl halides is 1. The molecule has 19 heavy (non-hydrogen) atoms. The number of benzene rings is 1. The van der Waals surface area contributed by atoms with Crippen molar-refractivity contribution in [3.8, 4) is 0 Å². The van der Waals surface area contributed by atoms with Crippen LogP contribution >= 0.6 is 39.1 Å². The van der Waals surface area contributed by atoms with E-state index in [9.17, 15) is 8.42 Å². The SMILES string of the molecule is CN(CCCCCBr)S(=O)(=O)c1cc(Cl)ccc1Cl. The van der Waals surface area contributed by atoms with Crippen LogP contribution in [0.4, 0.5) is 0 Å². The molecule has 1 rings (SSSR count). The van der Waals surface area contributed by atoms with Gasteiger partial charge in [0.2, 0.25) is 10.0 Å². The fourth-order valence-corrected chi connectivity index (χ4v) is 3.91. The van der Waals surface area contributed by atoms with Gasteiger partial charge in [-0.3, -0.25) is 0 Å². The Labute approximate surface area is 133 Å². The van der Waals surface area contributed by atoms with Crippen LogP contribution in [0, 0.1) is 0 Å². The highest BCUT2D eigenvalue weighted by molar-refractivity contribution is 9.09. The zero-order valence-corrected chi connectivity index (χ0v) is 14.5. The van der Waals surface area contributed by atoms with Gasteiger partial charge in [0.25, 0.3) is 0 Å². The van der Waals surface area contributed by atoms with Crippen LogP contribution in [0.2, 0.25) is 10.0 Å². The molecule has 3 nitrogen and oxygen atoms in total. The molecule has 108 valence electrons. The Morgan fingerprint density at radius 1 is 1.21 bits per heavy atom. The van der Waals surface area contributed by atoms with Crippen molar-refractivity contribution in [2.75, 3.05) is 18.9 Å². The Hall–Kier alpha value is 0.190. The van der Waals surface area contributed by atoms with Crippen molar-refractivity contribution in [3.05, 3.63) is 28.2 Å². The lowest BCUT2D eigenvalue weighted by atomic mass is 10.2. The summed E-state index contributed by atoms with van der Waals surface area (Å²) in [6.45, 7) is 0.470. The van der Waals surface area contributed by atoms with E-state index in [1.54, 1.807) is 13.1 Å². The van der Waals surface area contributed by atoms with Crippen molar-refractivity contribution >= 4 is 49.2 Å². The summed E-state index contributed by atoms with van der Waals surface area (Å²) in [5.41, 5.74) is 0. The first-order chi connectivity index (χ1) is 8.89. The molecular weight excluding hydrogens is 373 g/mol. The largest absolute Gasteiger partial charge is 0.244 e. The molecule has 0 unspecified atom stereocenters. The summed E-state index contributed by atoms with van der Waals surface area (Å²) < 4.78 is 26.0. The van der Waals surface area contributed by atoms with E-state index in [4.69, 9.17) is 23.2 Å². The molecule has 0 saturated carbocycles. The molecular formula is C12H16BrCl2NO2S. The minimum absolute atomic E-state index is 0.0599. The van der Waals surface area contributed by atoms with E-state index in [1.165, 1.54) is 16.4 Å². The zero-order chi connectivity index (χ0) is 14.5. The summed E-state index contributed by atoms with van der Waals surface area (Å²) in [6.07, 6.45) is 2.83. The molecule has 0 fully saturated rings. The maximum Gasteiger partial charge on any atom is 0.244 e. The number of hydrogen-bond acceptors (Lipinski definition) is 2. The normalized spacial score (nSPS) is 12.1. The minimum atomic E-state index is -3.57. The van der Waals surface area contributed by atoms with Crippen molar-refractivity contribution < 1.29 is 8.42 Å². The highest BCUT2D eigenvalue weighted by atomic mass is 79.9.